The summed E-state index contributed by atoms with van der Waals surface area (Å²) in [4.78, 5) is 49.9. The topological polar surface area (TPSA) is 128 Å². The SMILES string of the molecule is Cc1cc(C#CCOc2ccc3c(c2)CN(C2CCC(=O)NC2=O)C3=O)cc(N2CCC(O[C@H]3C[C@H](Oc4ccc(-c5ccc6c7cnccc7n(C)c6c5)cn4)C3)CC2)c1. The lowest BCUT2D eigenvalue weighted by Gasteiger charge is -2.40. The number of fused-ring (bicyclic) bond motifs is 4. The molecule has 1 aliphatic carbocycles. The molecule has 1 saturated carbocycles. The molecule has 10 rings (SSSR count). The second-order valence-electron chi connectivity index (χ2n) is 16.6. The zero-order valence-corrected chi connectivity index (χ0v) is 34.2. The number of amides is 3. The van der Waals surface area contributed by atoms with Crippen molar-refractivity contribution in [1.82, 2.24) is 24.8 Å². The van der Waals surface area contributed by atoms with Gasteiger partial charge in [-0.25, -0.2) is 4.98 Å². The molecule has 6 aromatic rings. The highest BCUT2D eigenvalue weighted by atomic mass is 16.5. The first-order chi connectivity index (χ1) is 29.7. The first kappa shape index (κ1) is 38.5. The van der Waals surface area contributed by atoms with Gasteiger partial charge >= 0.3 is 0 Å². The summed E-state index contributed by atoms with van der Waals surface area (Å²) in [6.07, 6.45) is 10.4. The molecule has 0 bridgehead atoms. The molecule has 3 amide bonds. The largest absolute Gasteiger partial charge is 0.481 e. The Kier molecular flexibility index (Phi) is 10.1. The van der Waals surface area contributed by atoms with Gasteiger partial charge in [-0.1, -0.05) is 24.0 Å². The maximum absolute atomic E-state index is 13.0. The average Bonchev–Trinajstić information content (AvgIpc) is 3.73. The molecule has 3 aromatic carbocycles. The molecule has 2 saturated heterocycles. The second kappa shape index (κ2) is 16.0. The fourth-order valence-corrected chi connectivity index (χ4v) is 9.19. The molecule has 61 heavy (non-hydrogen) atoms. The molecule has 308 valence electrons. The summed E-state index contributed by atoms with van der Waals surface area (Å²) in [5.74, 6) is 6.74. The number of pyridine rings is 2. The number of nitrogens with zero attached hydrogens (tertiary/aromatic N) is 5. The van der Waals surface area contributed by atoms with E-state index < -0.39 is 11.9 Å². The summed E-state index contributed by atoms with van der Waals surface area (Å²) in [6.45, 7) is 4.41. The molecule has 1 unspecified atom stereocenters. The van der Waals surface area contributed by atoms with Crippen molar-refractivity contribution < 1.29 is 28.6 Å². The standard InChI is InChI=1S/C49H46N6O6/c1-30-20-31(4-3-19-59-37-7-9-40-34(23-37)29-55(49(40)58)44-10-11-46(56)52-48(44)57)22-35(21-30)54-17-14-36(15-18-54)60-38-25-39(26-38)61-47-12-6-33(27-51-47)32-5-8-41-42-28-50-16-13-43(42)53(2)45(41)24-32/h5-9,12-13,16,20-24,27-28,36,38-39,44H,10-11,14-15,17-19,25-26,29H2,1-2H3,(H,52,56,57)/t38-,39-,44?. The first-order valence-corrected chi connectivity index (χ1v) is 21.1. The van der Waals surface area contributed by atoms with Crippen molar-refractivity contribution in [2.75, 3.05) is 24.6 Å². The lowest BCUT2D eigenvalue weighted by Crippen LogP contribution is -2.52. The molecule has 0 spiro atoms. The van der Waals surface area contributed by atoms with Gasteiger partial charge in [0.15, 0.2) is 0 Å². The predicted octanol–water partition coefficient (Wildman–Crippen LogP) is 6.88. The molecular formula is C49H46N6O6. The number of carbonyl (C=O) groups is 3. The van der Waals surface area contributed by atoms with E-state index in [2.05, 4.69) is 99.1 Å². The Labute approximate surface area is 353 Å². The van der Waals surface area contributed by atoms with Crippen LogP contribution >= 0.6 is 0 Å². The van der Waals surface area contributed by atoms with Gasteiger partial charge in [0, 0.05) is 109 Å². The Morgan fingerprint density at radius 1 is 0.836 bits per heavy atom. The Hall–Kier alpha value is -6.71. The van der Waals surface area contributed by atoms with Crippen LogP contribution in [0, 0.1) is 18.8 Å². The van der Waals surface area contributed by atoms with E-state index in [1.807, 2.05) is 30.7 Å². The zero-order valence-electron chi connectivity index (χ0n) is 34.2. The summed E-state index contributed by atoms with van der Waals surface area (Å²) in [5, 5.41) is 4.69. The predicted molar refractivity (Wildman–Crippen MR) is 231 cm³/mol. The molecule has 12 heteroatoms. The first-order valence-electron chi connectivity index (χ1n) is 21.1. The lowest BCUT2D eigenvalue weighted by molar-refractivity contribution is -0.136. The molecular weight excluding hydrogens is 769 g/mol. The number of nitrogens with one attached hydrogen (secondary N) is 1. The Balaban J connectivity index is 0.671. The number of ether oxygens (including phenoxy) is 3. The van der Waals surface area contributed by atoms with Gasteiger partial charge in [-0.2, -0.15) is 0 Å². The molecule has 3 fully saturated rings. The van der Waals surface area contributed by atoms with E-state index in [1.165, 1.54) is 21.3 Å². The maximum atomic E-state index is 13.0. The highest BCUT2D eigenvalue weighted by molar-refractivity contribution is 6.08. The third kappa shape index (κ3) is 7.77. The van der Waals surface area contributed by atoms with Crippen molar-refractivity contribution >= 4 is 45.2 Å². The van der Waals surface area contributed by atoms with Gasteiger partial charge in [-0.05, 0) is 97.5 Å². The number of imide groups is 1. The third-order valence-corrected chi connectivity index (χ3v) is 12.5. The van der Waals surface area contributed by atoms with Crippen LogP contribution in [-0.2, 0) is 27.9 Å². The highest BCUT2D eigenvalue weighted by Gasteiger charge is 2.39. The summed E-state index contributed by atoms with van der Waals surface area (Å²) in [7, 11) is 2.09. The minimum Gasteiger partial charge on any atom is -0.481 e. The molecule has 12 nitrogen and oxygen atoms in total. The van der Waals surface area contributed by atoms with Crippen LogP contribution in [0.3, 0.4) is 0 Å². The van der Waals surface area contributed by atoms with Gasteiger partial charge in [0.2, 0.25) is 17.7 Å². The van der Waals surface area contributed by atoms with Crippen LogP contribution in [0.25, 0.3) is 32.9 Å². The van der Waals surface area contributed by atoms with E-state index in [4.69, 9.17) is 14.2 Å². The average molecular weight is 815 g/mol. The number of benzene rings is 3. The van der Waals surface area contributed by atoms with Crippen molar-refractivity contribution in [3.63, 3.8) is 0 Å². The third-order valence-electron chi connectivity index (χ3n) is 12.5. The Bertz CT molecular complexity index is 2760. The zero-order chi connectivity index (χ0) is 41.6. The van der Waals surface area contributed by atoms with Crippen molar-refractivity contribution in [3.05, 3.63) is 114 Å². The van der Waals surface area contributed by atoms with Gasteiger partial charge in [0.1, 0.15) is 24.5 Å². The molecule has 3 aromatic heterocycles. The van der Waals surface area contributed by atoms with Gasteiger partial charge < -0.3 is 28.6 Å². The molecule has 1 N–H and O–H groups in total. The number of piperidine rings is 2. The van der Waals surface area contributed by atoms with E-state index in [-0.39, 0.29) is 43.2 Å². The second-order valence-corrected chi connectivity index (χ2v) is 16.6. The van der Waals surface area contributed by atoms with Crippen LogP contribution < -0.4 is 19.7 Å². The minimum atomic E-state index is -0.647. The monoisotopic (exact) mass is 814 g/mol. The van der Waals surface area contributed by atoms with E-state index in [1.54, 1.807) is 12.1 Å². The van der Waals surface area contributed by atoms with Gasteiger partial charge in [-0.15, -0.1) is 0 Å². The van der Waals surface area contributed by atoms with Crippen LogP contribution in [0.1, 0.15) is 65.6 Å². The Morgan fingerprint density at radius 3 is 2.51 bits per heavy atom. The summed E-state index contributed by atoms with van der Waals surface area (Å²) in [5.41, 5.74) is 9.09. The van der Waals surface area contributed by atoms with Crippen LogP contribution in [0.5, 0.6) is 11.6 Å². The van der Waals surface area contributed by atoms with Crippen molar-refractivity contribution in [2.24, 2.45) is 7.05 Å². The number of anilines is 1. The molecule has 0 radical (unpaired) electrons. The van der Waals surface area contributed by atoms with Crippen LogP contribution in [-0.4, -0.2) is 81.2 Å². The minimum absolute atomic E-state index is 0.110. The van der Waals surface area contributed by atoms with Crippen molar-refractivity contribution in [1.29, 1.82) is 0 Å². The number of aryl methyl sites for hydroxylation is 2. The van der Waals surface area contributed by atoms with Crippen LogP contribution in [0.2, 0.25) is 0 Å². The highest BCUT2D eigenvalue weighted by Crippen LogP contribution is 2.35. The number of aromatic nitrogens is 3. The number of rotatable bonds is 9. The Morgan fingerprint density at radius 2 is 1.69 bits per heavy atom. The van der Waals surface area contributed by atoms with Gasteiger partial charge in [-0.3, -0.25) is 24.7 Å². The van der Waals surface area contributed by atoms with E-state index in [9.17, 15) is 14.4 Å². The normalized spacial score (nSPS) is 20.3. The molecule has 1 atom stereocenters. The van der Waals surface area contributed by atoms with E-state index in [0.29, 0.717) is 30.2 Å². The van der Waals surface area contributed by atoms with Crippen molar-refractivity contribution in [3.8, 4) is 34.6 Å². The molecule has 3 aliphatic heterocycles. The lowest BCUT2D eigenvalue weighted by atomic mass is 9.91. The van der Waals surface area contributed by atoms with E-state index >= 15 is 0 Å². The number of hydrogen-bond acceptors (Lipinski definition) is 9. The quantitative estimate of drug-likeness (QED) is 0.123. The molecule has 4 aliphatic rings. The number of carbonyl (C=O) groups excluding carboxylic acids is 3. The smallest absolute Gasteiger partial charge is 0.255 e. The van der Waals surface area contributed by atoms with E-state index in [0.717, 1.165) is 77.7 Å². The molecule has 6 heterocycles. The van der Waals surface area contributed by atoms with Crippen LogP contribution in [0.4, 0.5) is 5.69 Å². The summed E-state index contributed by atoms with van der Waals surface area (Å²) >= 11 is 0. The number of hydrogen-bond donors (Lipinski definition) is 1. The van der Waals surface area contributed by atoms with Crippen LogP contribution in [0.15, 0.2) is 91.4 Å². The summed E-state index contributed by atoms with van der Waals surface area (Å²) < 4.78 is 20.9. The van der Waals surface area contributed by atoms with Gasteiger partial charge in [0.25, 0.3) is 5.91 Å². The van der Waals surface area contributed by atoms with Gasteiger partial charge in [0.05, 0.1) is 17.7 Å². The van der Waals surface area contributed by atoms with Crippen molar-refractivity contribution in [2.45, 2.75) is 76.3 Å². The summed E-state index contributed by atoms with van der Waals surface area (Å²) in [6, 6.07) is 23.7. The fourth-order valence-electron chi connectivity index (χ4n) is 9.19. The maximum Gasteiger partial charge on any atom is 0.255 e. The fraction of sp³-hybridized carbons (Fsp3) is 0.327.